The molecule has 0 aromatic heterocycles. The van der Waals surface area contributed by atoms with Gasteiger partial charge in [0.1, 0.15) is 0 Å². The molecule has 1 atom stereocenters. The van der Waals surface area contributed by atoms with E-state index in [1.54, 1.807) is 0 Å². The van der Waals surface area contributed by atoms with Crippen molar-refractivity contribution >= 4 is 15.9 Å². The molecule has 0 spiro atoms. The summed E-state index contributed by atoms with van der Waals surface area (Å²) in [6.07, 6.45) is 2.43. The zero-order valence-electron chi connectivity index (χ0n) is 12.2. The monoisotopic (exact) mass is 311 g/mol. The molecule has 21 heavy (non-hydrogen) atoms. The minimum absolute atomic E-state index is 0.0605. The van der Waals surface area contributed by atoms with Crippen LogP contribution < -0.4 is 4.72 Å². The second-order valence-corrected chi connectivity index (χ2v) is 7.22. The molecule has 1 amide bonds. The van der Waals surface area contributed by atoms with Crippen molar-refractivity contribution in [1.82, 2.24) is 4.72 Å². The van der Waals surface area contributed by atoms with E-state index in [2.05, 4.69) is 4.72 Å². The van der Waals surface area contributed by atoms with E-state index in [4.69, 9.17) is 4.74 Å². The van der Waals surface area contributed by atoms with Crippen molar-refractivity contribution in [3.63, 3.8) is 0 Å². The zero-order chi connectivity index (χ0) is 15.3. The van der Waals surface area contributed by atoms with Crippen LogP contribution in [0.1, 0.15) is 30.4 Å². The fraction of sp³-hybridized carbons (Fsp3) is 0.533. The summed E-state index contributed by atoms with van der Waals surface area (Å²) in [5.74, 6) is -0.651. The van der Waals surface area contributed by atoms with Gasteiger partial charge in [0.05, 0.1) is 18.3 Å². The molecule has 1 fully saturated rings. The lowest BCUT2D eigenvalue weighted by Gasteiger charge is -2.22. The van der Waals surface area contributed by atoms with Gasteiger partial charge in [0.15, 0.2) is 0 Å². The van der Waals surface area contributed by atoms with Crippen molar-refractivity contribution in [3.8, 4) is 0 Å². The van der Waals surface area contributed by atoms with Crippen LogP contribution >= 0.6 is 0 Å². The summed E-state index contributed by atoms with van der Waals surface area (Å²) in [5, 5.41) is 0. The molecule has 0 saturated carbocycles. The fourth-order valence-corrected chi connectivity index (χ4v) is 3.58. The molecule has 1 aromatic rings. The Kier molecular flexibility index (Phi) is 5.36. The largest absolute Gasteiger partial charge is 0.377 e. The van der Waals surface area contributed by atoms with Gasteiger partial charge < -0.3 is 4.74 Å². The van der Waals surface area contributed by atoms with Crippen molar-refractivity contribution in [2.24, 2.45) is 0 Å². The maximum absolute atomic E-state index is 11.9. The average molecular weight is 311 g/mol. The molecular formula is C15H21NO4S. The van der Waals surface area contributed by atoms with Crippen molar-refractivity contribution in [3.05, 3.63) is 35.4 Å². The number of hydrogen-bond donors (Lipinski definition) is 1. The number of sulfonamides is 1. The summed E-state index contributed by atoms with van der Waals surface area (Å²) in [6.45, 7) is 2.55. The number of carbonyl (C=O) groups is 1. The van der Waals surface area contributed by atoms with Gasteiger partial charge in [-0.1, -0.05) is 29.8 Å². The maximum Gasteiger partial charge on any atom is 0.237 e. The summed E-state index contributed by atoms with van der Waals surface area (Å²) < 4.78 is 31.4. The standard InChI is InChI=1S/C15H21NO4S/c1-12-5-7-13(8-6-12)10-15(17)16-21(18,19)11-14-4-2-3-9-20-14/h5-8,14H,2-4,9-11H2,1H3,(H,16,17)/t14-/m0/s1. The second kappa shape index (κ2) is 7.04. The van der Waals surface area contributed by atoms with Crippen molar-refractivity contribution in [2.75, 3.05) is 12.4 Å². The topological polar surface area (TPSA) is 72.5 Å². The van der Waals surface area contributed by atoms with Crippen LogP contribution in [0.15, 0.2) is 24.3 Å². The van der Waals surface area contributed by atoms with E-state index in [0.29, 0.717) is 6.61 Å². The minimum atomic E-state index is -3.63. The lowest BCUT2D eigenvalue weighted by molar-refractivity contribution is -0.118. The van der Waals surface area contributed by atoms with E-state index in [-0.39, 0.29) is 18.3 Å². The molecule has 1 aliphatic heterocycles. The summed E-state index contributed by atoms with van der Waals surface area (Å²) in [5.41, 5.74) is 1.89. The van der Waals surface area contributed by atoms with Gasteiger partial charge >= 0.3 is 0 Å². The predicted octanol–water partition coefficient (Wildman–Crippen LogP) is 1.55. The van der Waals surface area contributed by atoms with E-state index in [0.717, 1.165) is 30.4 Å². The Labute approximate surface area is 125 Å². The van der Waals surface area contributed by atoms with Crippen LogP contribution in [0.4, 0.5) is 0 Å². The second-order valence-electron chi connectivity index (χ2n) is 5.46. The van der Waals surface area contributed by atoms with Crippen molar-refractivity contribution < 1.29 is 17.9 Å². The molecule has 0 bridgehead atoms. The number of rotatable bonds is 5. The van der Waals surface area contributed by atoms with Crippen LogP contribution in [-0.4, -0.2) is 32.8 Å². The summed E-state index contributed by atoms with van der Waals surface area (Å²) >= 11 is 0. The van der Waals surface area contributed by atoms with Gasteiger partial charge in [-0.2, -0.15) is 0 Å². The Hall–Kier alpha value is -1.40. The summed E-state index contributed by atoms with van der Waals surface area (Å²) in [7, 11) is -3.63. The molecule has 1 saturated heterocycles. The molecule has 1 N–H and O–H groups in total. The smallest absolute Gasteiger partial charge is 0.237 e. The van der Waals surface area contributed by atoms with Crippen molar-refractivity contribution in [2.45, 2.75) is 38.7 Å². The maximum atomic E-state index is 11.9. The lowest BCUT2D eigenvalue weighted by Crippen LogP contribution is -2.38. The number of hydrogen-bond acceptors (Lipinski definition) is 4. The normalized spacial score (nSPS) is 19.2. The summed E-state index contributed by atoms with van der Waals surface area (Å²) in [4.78, 5) is 11.8. The highest BCUT2D eigenvalue weighted by Gasteiger charge is 2.23. The predicted molar refractivity (Wildman–Crippen MR) is 80.4 cm³/mol. The molecule has 5 nitrogen and oxygen atoms in total. The average Bonchev–Trinajstić information content (AvgIpc) is 2.41. The highest BCUT2D eigenvalue weighted by atomic mass is 32.2. The van der Waals surface area contributed by atoms with Crippen LogP contribution in [0, 0.1) is 6.92 Å². The quantitative estimate of drug-likeness (QED) is 0.895. The van der Waals surface area contributed by atoms with Crippen LogP contribution in [0.5, 0.6) is 0 Å². The first-order valence-electron chi connectivity index (χ1n) is 7.15. The molecule has 116 valence electrons. The number of nitrogens with one attached hydrogen (secondary N) is 1. The van der Waals surface area contributed by atoms with Gasteiger partial charge in [0.2, 0.25) is 15.9 Å². The first kappa shape index (κ1) is 16.0. The number of carbonyl (C=O) groups excluding carboxylic acids is 1. The van der Waals surface area contributed by atoms with Gasteiger partial charge in [-0.15, -0.1) is 0 Å². The first-order chi connectivity index (χ1) is 9.94. The molecule has 6 heteroatoms. The highest BCUT2D eigenvalue weighted by molar-refractivity contribution is 7.90. The third kappa shape index (κ3) is 5.47. The zero-order valence-corrected chi connectivity index (χ0v) is 13.0. The fourth-order valence-electron chi connectivity index (χ4n) is 2.33. The molecule has 0 unspecified atom stereocenters. The van der Waals surface area contributed by atoms with Crippen LogP contribution in [0.25, 0.3) is 0 Å². The third-order valence-electron chi connectivity index (χ3n) is 3.43. The molecular weight excluding hydrogens is 290 g/mol. The van der Waals surface area contributed by atoms with Crippen LogP contribution in [-0.2, 0) is 26.0 Å². The lowest BCUT2D eigenvalue weighted by atomic mass is 10.1. The van der Waals surface area contributed by atoms with Gasteiger partial charge in [-0.3, -0.25) is 9.52 Å². The molecule has 2 rings (SSSR count). The summed E-state index contributed by atoms with van der Waals surface area (Å²) in [6, 6.07) is 7.44. The van der Waals surface area contributed by atoms with E-state index in [1.807, 2.05) is 31.2 Å². The van der Waals surface area contributed by atoms with Crippen molar-refractivity contribution in [1.29, 1.82) is 0 Å². The van der Waals surface area contributed by atoms with Crippen LogP contribution in [0.3, 0.4) is 0 Å². The number of benzene rings is 1. The Balaban J connectivity index is 1.86. The first-order valence-corrected chi connectivity index (χ1v) is 8.80. The van der Waals surface area contributed by atoms with Crippen LogP contribution in [0.2, 0.25) is 0 Å². The van der Waals surface area contributed by atoms with E-state index >= 15 is 0 Å². The Morgan fingerprint density at radius 1 is 1.29 bits per heavy atom. The van der Waals surface area contributed by atoms with Gasteiger partial charge in [0.25, 0.3) is 0 Å². The Bertz CT molecular complexity index is 574. The number of aryl methyl sites for hydroxylation is 1. The van der Waals surface area contributed by atoms with E-state index in [9.17, 15) is 13.2 Å². The number of amides is 1. The molecule has 1 aliphatic rings. The Morgan fingerprint density at radius 3 is 2.62 bits per heavy atom. The molecule has 1 aromatic carbocycles. The van der Waals surface area contributed by atoms with Gasteiger partial charge in [-0.05, 0) is 31.7 Å². The third-order valence-corrected chi connectivity index (χ3v) is 4.78. The highest BCUT2D eigenvalue weighted by Crippen LogP contribution is 2.14. The molecule has 0 aliphatic carbocycles. The van der Waals surface area contributed by atoms with Gasteiger partial charge in [-0.25, -0.2) is 8.42 Å². The minimum Gasteiger partial charge on any atom is -0.377 e. The molecule has 0 radical (unpaired) electrons. The Morgan fingerprint density at radius 2 is 2.00 bits per heavy atom. The number of ether oxygens (including phenoxy) is 1. The van der Waals surface area contributed by atoms with Gasteiger partial charge in [0, 0.05) is 6.61 Å². The molecule has 1 heterocycles. The van der Waals surface area contributed by atoms with E-state index < -0.39 is 15.9 Å². The van der Waals surface area contributed by atoms with E-state index in [1.165, 1.54) is 0 Å². The SMILES string of the molecule is Cc1ccc(CC(=O)NS(=O)(=O)C[C@@H]2CCCCO2)cc1.